The number of aryl methyl sites for hydroxylation is 2. The zero-order valence-electron chi connectivity index (χ0n) is 8.39. The lowest BCUT2D eigenvalue weighted by atomic mass is 10.2. The fraction of sp³-hybridized carbons (Fsp3) is 0.333. The zero-order chi connectivity index (χ0) is 9.42. The van der Waals surface area contributed by atoms with Crippen LogP contribution >= 0.6 is 0 Å². The quantitative estimate of drug-likeness (QED) is 0.623. The van der Waals surface area contributed by atoms with Gasteiger partial charge < -0.3 is 4.57 Å². The molecular formula is C12H14N. The van der Waals surface area contributed by atoms with Crippen LogP contribution in [0.1, 0.15) is 18.2 Å². The average Bonchev–Trinajstić information content (AvgIpc) is 2.41. The second-order valence-electron chi connectivity index (χ2n) is 3.40. The van der Waals surface area contributed by atoms with Gasteiger partial charge >= 0.3 is 0 Å². The Labute approximate surface area is 79.0 Å². The van der Waals surface area contributed by atoms with Crippen LogP contribution in [0, 0.1) is 19.9 Å². The lowest BCUT2D eigenvalue weighted by Gasteiger charge is -2.02. The first kappa shape index (κ1) is 8.36. The van der Waals surface area contributed by atoms with Crippen LogP contribution in [0.25, 0.3) is 10.9 Å². The highest BCUT2D eigenvalue weighted by atomic mass is 15.0. The minimum atomic E-state index is 1.04. The average molecular weight is 172 g/mol. The molecule has 1 radical (unpaired) electrons. The van der Waals surface area contributed by atoms with E-state index in [1.54, 1.807) is 0 Å². The number of aromatic nitrogens is 1. The molecule has 1 aromatic carbocycles. The Morgan fingerprint density at radius 2 is 2.15 bits per heavy atom. The fourth-order valence-electron chi connectivity index (χ4n) is 1.94. The van der Waals surface area contributed by atoms with Crippen molar-refractivity contribution in [1.82, 2.24) is 4.57 Å². The molecule has 0 saturated carbocycles. The molecule has 0 amide bonds. The van der Waals surface area contributed by atoms with E-state index in [4.69, 9.17) is 0 Å². The summed E-state index contributed by atoms with van der Waals surface area (Å²) < 4.78 is 2.35. The van der Waals surface area contributed by atoms with Crippen molar-refractivity contribution in [2.75, 3.05) is 0 Å². The highest BCUT2D eigenvalue weighted by molar-refractivity contribution is 5.85. The van der Waals surface area contributed by atoms with Crippen molar-refractivity contribution in [3.63, 3.8) is 0 Å². The Morgan fingerprint density at radius 3 is 2.85 bits per heavy atom. The van der Waals surface area contributed by atoms with Crippen molar-refractivity contribution in [3.05, 3.63) is 35.5 Å². The number of hydrogen-bond donors (Lipinski definition) is 0. The molecule has 0 bridgehead atoms. The van der Waals surface area contributed by atoms with Gasteiger partial charge in [-0.3, -0.25) is 0 Å². The third kappa shape index (κ3) is 1.07. The standard InChI is InChI=1S/C12H14N/c1-4-13-10(3)9(2)11-7-5-6-8-12(11)13/h6-8H,4H2,1-3H3. The van der Waals surface area contributed by atoms with Crippen LogP contribution in [0.4, 0.5) is 0 Å². The number of hydrogen-bond acceptors (Lipinski definition) is 0. The van der Waals surface area contributed by atoms with Crippen molar-refractivity contribution >= 4 is 10.9 Å². The van der Waals surface area contributed by atoms with E-state index in [2.05, 4.69) is 43.5 Å². The van der Waals surface area contributed by atoms with Gasteiger partial charge in [-0.2, -0.15) is 0 Å². The maximum Gasteiger partial charge on any atom is 0.0485 e. The second kappa shape index (κ2) is 2.91. The number of rotatable bonds is 1. The number of benzene rings is 1. The summed E-state index contributed by atoms with van der Waals surface area (Å²) in [6, 6.07) is 9.32. The van der Waals surface area contributed by atoms with Gasteiger partial charge in [0.25, 0.3) is 0 Å². The minimum absolute atomic E-state index is 1.04. The summed E-state index contributed by atoms with van der Waals surface area (Å²) >= 11 is 0. The lowest BCUT2D eigenvalue weighted by Crippen LogP contribution is -1.95. The maximum atomic E-state index is 3.13. The van der Waals surface area contributed by atoms with E-state index in [0.717, 1.165) is 6.54 Å². The topological polar surface area (TPSA) is 4.93 Å². The summed E-state index contributed by atoms with van der Waals surface area (Å²) in [4.78, 5) is 0. The number of fused-ring (bicyclic) bond motifs is 1. The van der Waals surface area contributed by atoms with E-state index in [9.17, 15) is 0 Å². The van der Waals surface area contributed by atoms with Crippen molar-refractivity contribution in [1.29, 1.82) is 0 Å². The molecule has 0 aliphatic heterocycles. The van der Waals surface area contributed by atoms with Crippen LogP contribution < -0.4 is 0 Å². The van der Waals surface area contributed by atoms with E-state index >= 15 is 0 Å². The van der Waals surface area contributed by atoms with Crippen LogP contribution in [0.2, 0.25) is 0 Å². The summed E-state index contributed by atoms with van der Waals surface area (Å²) in [5.74, 6) is 0. The van der Waals surface area contributed by atoms with Crippen LogP contribution in [-0.4, -0.2) is 4.57 Å². The normalized spacial score (nSPS) is 11.0. The van der Waals surface area contributed by atoms with Gasteiger partial charge in [-0.1, -0.05) is 6.07 Å². The van der Waals surface area contributed by atoms with Gasteiger partial charge in [0.2, 0.25) is 0 Å². The van der Waals surface area contributed by atoms with Crippen LogP contribution in [0.5, 0.6) is 0 Å². The smallest absolute Gasteiger partial charge is 0.0485 e. The predicted molar refractivity (Wildman–Crippen MR) is 55.9 cm³/mol. The molecule has 13 heavy (non-hydrogen) atoms. The Kier molecular flexibility index (Phi) is 1.87. The van der Waals surface area contributed by atoms with Crippen molar-refractivity contribution in [3.8, 4) is 0 Å². The minimum Gasteiger partial charge on any atom is -0.345 e. The van der Waals surface area contributed by atoms with E-state index < -0.39 is 0 Å². The van der Waals surface area contributed by atoms with E-state index in [1.807, 2.05) is 6.07 Å². The maximum absolute atomic E-state index is 3.13. The summed E-state index contributed by atoms with van der Waals surface area (Å²) in [6.07, 6.45) is 0. The van der Waals surface area contributed by atoms with E-state index in [1.165, 1.54) is 22.2 Å². The van der Waals surface area contributed by atoms with Crippen LogP contribution in [0.15, 0.2) is 18.2 Å². The molecule has 0 aliphatic carbocycles. The van der Waals surface area contributed by atoms with Crippen molar-refractivity contribution in [2.45, 2.75) is 27.3 Å². The molecule has 1 aromatic heterocycles. The molecule has 1 heteroatoms. The fourth-order valence-corrected chi connectivity index (χ4v) is 1.94. The molecule has 0 atom stereocenters. The van der Waals surface area contributed by atoms with Gasteiger partial charge in [0, 0.05) is 23.1 Å². The molecule has 1 heterocycles. The molecule has 0 saturated heterocycles. The summed E-state index contributed by atoms with van der Waals surface area (Å²) in [6.45, 7) is 7.58. The Hall–Kier alpha value is -1.24. The summed E-state index contributed by atoms with van der Waals surface area (Å²) in [7, 11) is 0. The highest BCUT2D eigenvalue weighted by Crippen LogP contribution is 2.24. The SMILES string of the molecule is CCn1c(C)c(C)c2c[c]ccc21. The van der Waals surface area contributed by atoms with Crippen LogP contribution in [-0.2, 0) is 6.54 Å². The lowest BCUT2D eigenvalue weighted by molar-refractivity contribution is 0.766. The summed E-state index contributed by atoms with van der Waals surface area (Å²) in [5.41, 5.74) is 4.09. The first-order valence-corrected chi connectivity index (χ1v) is 4.71. The molecule has 0 fully saturated rings. The molecule has 0 aliphatic rings. The Bertz CT molecular complexity index is 438. The van der Waals surface area contributed by atoms with Gasteiger partial charge in [-0.05, 0) is 44.5 Å². The Balaban J connectivity index is 2.90. The van der Waals surface area contributed by atoms with Gasteiger partial charge in [0.05, 0.1) is 0 Å². The monoisotopic (exact) mass is 172 g/mol. The third-order valence-electron chi connectivity index (χ3n) is 2.80. The van der Waals surface area contributed by atoms with Gasteiger partial charge in [-0.25, -0.2) is 0 Å². The first-order valence-electron chi connectivity index (χ1n) is 4.71. The molecule has 67 valence electrons. The molecule has 0 N–H and O–H groups in total. The highest BCUT2D eigenvalue weighted by Gasteiger charge is 2.07. The summed E-state index contributed by atoms with van der Waals surface area (Å²) in [5, 5.41) is 1.34. The number of nitrogens with zero attached hydrogens (tertiary/aromatic N) is 1. The van der Waals surface area contributed by atoms with E-state index in [0.29, 0.717) is 0 Å². The van der Waals surface area contributed by atoms with Gasteiger partial charge in [0.1, 0.15) is 0 Å². The van der Waals surface area contributed by atoms with E-state index in [-0.39, 0.29) is 0 Å². The predicted octanol–water partition coefficient (Wildman–Crippen LogP) is 3.08. The second-order valence-corrected chi connectivity index (χ2v) is 3.40. The van der Waals surface area contributed by atoms with Crippen molar-refractivity contribution in [2.24, 2.45) is 0 Å². The molecule has 1 nitrogen and oxygen atoms in total. The van der Waals surface area contributed by atoms with Gasteiger partial charge in [-0.15, -0.1) is 0 Å². The molecule has 2 rings (SSSR count). The Morgan fingerprint density at radius 1 is 1.38 bits per heavy atom. The molecule has 0 spiro atoms. The largest absolute Gasteiger partial charge is 0.345 e. The van der Waals surface area contributed by atoms with Crippen LogP contribution in [0.3, 0.4) is 0 Å². The molecular weight excluding hydrogens is 158 g/mol. The van der Waals surface area contributed by atoms with Crippen molar-refractivity contribution < 1.29 is 0 Å². The first-order chi connectivity index (χ1) is 6.25. The zero-order valence-corrected chi connectivity index (χ0v) is 8.39. The van der Waals surface area contributed by atoms with Gasteiger partial charge in [0.15, 0.2) is 0 Å². The molecule has 2 aromatic rings. The molecule has 0 unspecified atom stereocenters. The third-order valence-corrected chi connectivity index (χ3v) is 2.80.